The highest BCUT2D eigenvalue weighted by Crippen LogP contribution is 2.18. The standard InChI is InChI=1S/C10H19N3O2.ClH/c1-7(5-11)10(15)13(2)6-9(14)12-8-3-4-8;/h7-8H,3-6,11H2,1-2H3,(H,12,14);1H. The quantitative estimate of drug-likeness (QED) is 0.705. The van der Waals surface area contributed by atoms with E-state index in [4.69, 9.17) is 5.73 Å². The predicted molar refractivity (Wildman–Crippen MR) is 64.3 cm³/mol. The minimum absolute atomic E-state index is 0. The van der Waals surface area contributed by atoms with Gasteiger partial charge in [0.15, 0.2) is 0 Å². The van der Waals surface area contributed by atoms with Crippen molar-refractivity contribution >= 4 is 24.2 Å². The molecule has 0 saturated heterocycles. The largest absolute Gasteiger partial charge is 0.352 e. The number of nitrogens with two attached hydrogens (primary N) is 1. The van der Waals surface area contributed by atoms with Crippen LogP contribution in [0, 0.1) is 5.92 Å². The lowest BCUT2D eigenvalue weighted by atomic mass is 10.1. The fourth-order valence-electron chi connectivity index (χ4n) is 1.27. The number of halogens is 1. The molecule has 0 radical (unpaired) electrons. The maximum absolute atomic E-state index is 11.6. The molecule has 1 aliphatic rings. The fourth-order valence-corrected chi connectivity index (χ4v) is 1.27. The Kier molecular flexibility index (Phi) is 6.36. The molecule has 0 heterocycles. The molecule has 3 N–H and O–H groups in total. The monoisotopic (exact) mass is 249 g/mol. The number of likely N-dealkylation sites (N-methyl/N-ethyl adjacent to an activating group) is 1. The van der Waals surface area contributed by atoms with Crippen molar-refractivity contribution in [2.24, 2.45) is 11.7 Å². The van der Waals surface area contributed by atoms with E-state index in [1.54, 1.807) is 14.0 Å². The molecule has 1 rings (SSSR count). The normalized spacial score (nSPS) is 15.9. The molecular formula is C10H20ClN3O2. The number of amides is 2. The number of nitrogens with one attached hydrogen (secondary N) is 1. The number of nitrogens with zero attached hydrogens (tertiary/aromatic N) is 1. The summed E-state index contributed by atoms with van der Waals surface area (Å²) in [6.45, 7) is 2.20. The summed E-state index contributed by atoms with van der Waals surface area (Å²) in [6, 6.07) is 0.341. The van der Waals surface area contributed by atoms with E-state index in [1.165, 1.54) is 4.90 Å². The summed E-state index contributed by atoms with van der Waals surface area (Å²) in [5.74, 6) is -0.384. The van der Waals surface area contributed by atoms with Crippen molar-refractivity contribution < 1.29 is 9.59 Å². The Morgan fingerprint density at radius 3 is 2.50 bits per heavy atom. The molecule has 0 aliphatic heterocycles. The van der Waals surface area contributed by atoms with Crippen LogP contribution in [0.4, 0.5) is 0 Å². The van der Waals surface area contributed by atoms with Crippen molar-refractivity contribution in [1.29, 1.82) is 0 Å². The lowest BCUT2D eigenvalue weighted by Gasteiger charge is -2.19. The van der Waals surface area contributed by atoms with Gasteiger partial charge in [-0.25, -0.2) is 0 Å². The minimum Gasteiger partial charge on any atom is -0.352 e. The molecule has 1 saturated carbocycles. The number of hydrogen-bond donors (Lipinski definition) is 2. The van der Waals surface area contributed by atoms with E-state index in [1.807, 2.05) is 0 Å². The third-order valence-electron chi connectivity index (χ3n) is 2.47. The van der Waals surface area contributed by atoms with Gasteiger partial charge in [-0.05, 0) is 12.8 Å². The lowest BCUT2D eigenvalue weighted by Crippen LogP contribution is -2.42. The molecule has 2 amide bonds. The van der Waals surface area contributed by atoms with Crippen molar-refractivity contribution in [2.45, 2.75) is 25.8 Å². The van der Waals surface area contributed by atoms with Crippen LogP contribution in [0.1, 0.15) is 19.8 Å². The average molecular weight is 250 g/mol. The van der Waals surface area contributed by atoms with Gasteiger partial charge < -0.3 is 16.0 Å². The maximum Gasteiger partial charge on any atom is 0.239 e. The second kappa shape index (κ2) is 6.70. The highest BCUT2D eigenvalue weighted by atomic mass is 35.5. The molecule has 16 heavy (non-hydrogen) atoms. The topological polar surface area (TPSA) is 75.4 Å². The highest BCUT2D eigenvalue weighted by molar-refractivity contribution is 5.86. The van der Waals surface area contributed by atoms with Crippen molar-refractivity contribution in [3.05, 3.63) is 0 Å². The van der Waals surface area contributed by atoms with Gasteiger partial charge in [-0.1, -0.05) is 6.92 Å². The molecule has 1 fully saturated rings. The summed E-state index contributed by atoms with van der Waals surface area (Å²) in [5, 5.41) is 2.83. The van der Waals surface area contributed by atoms with Gasteiger partial charge in [0.1, 0.15) is 0 Å². The van der Waals surface area contributed by atoms with Crippen molar-refractivity contribution in [2.75, 3.05) is 20.1 Å². The van der Waals surface area contributed by atoms with Crippen molar-refractivity contribution in [3.63, 3.8) is 0 Å². The van der Waals surface area contributed by atoms with Crippen LogP contribution < -0.4 is 11.1 Å². The van der Waals surface area contributed by atoms with Crippen LogP contribution in [0.5, 0.6) is 0 Å². The predicted octanol–water partition coefficient (Wildman–Crippen LogP) is -0.260. The summed E-state index contributed by atoms with van der Waals surface area (Å²) in [7, 11) is 1.63. The Balaban J connectivity index is 0.00000225. The Morgan fingerprint density at radius 1 is 1.50 bits per heavy atom. The smallest absolute Gasteiger partial charge is 0.239 e. The summed E-state index contributed by atoms with van der Waals surface area (Å²) in [6.07, 6.45) is 2.12. The van der Waals surface area contributed by atoms with E-state index >= 15 is 0 Å². The van der Waals surface area contributed by atoms with Gasteiger partial charge in [0.05, 0.1) is 6.54 Å². The van der Waals surface area contributed by atoms with E-state index < -0.39 is 0 Å². The van der Waals surface area contributed by atoms with Crippen molar-refractivity contribution in [3.8, 4) is 0 Å². The van der Waals surface area contributed by atoms with Crippen LogP contribution in [-0.2, 0) is 9.59 Å². The van der Waals surface area contributed by atoms with Gasteiger partial charge in [0.2, 0.25) is 11.8 Å². The lowest BCUT2D eigenvalue weighted by molar-refractivity contribution is -0.137. The van der Waals surface area contributed by atoms with Crippen LogP contribution in [0.3, 0.4) is 0 Å². The summed E-state index contributed by atoms with van der Waals surface area (Å²) >= 11 is 0. The molecule has 94 valence electrons. The molecule has 0 spiro atoms. The second-order valence-electron chi connectivity index (χ2n) is 4.17. The molecule has 0 bridgehead atoms. The van der Waals surface area contributed by atoms with Gasteiger partial charge in [-0.15, -0.1) is 12.4 Å². The first-order valence-electron chi connectivity index (χ1n) is 5.29. The van der Waals surface area contributed by atoms with Gasteiger partial charge in [0, 0.05) is 25.6 Å². The van der Waals surface area contributed by atoms with Crippen LogP contribution in [-0.4, -0.2) is 42.9 Å². The number of hydrogen-bond acceptors (Lipinski definition) is 3. The molecule has 0 aromatic carbocycles. The highest BCUT2D eigenvalue weighted by Gasteiger charge is 2.25. The first kappa shape index (κ1) is 15.2. The Morgan fingerprint density at radius 2 is 2.06 bits per heavy atom. The average Bonchev–Trinajstić information content (AvgIpc) is 2.98. The van der Waals surface area contributed by atoms with E-state index in [0.717, 1.165) is 12.8 Å². The van der Waals surface area contributed by atoms with Crippen LogP contribution in [0.25, 0.3) is 0 Å². The molecule has 0 aromatic heterocycles. The number of rotatable bonds is 5. The van der Waals surface area contributed by atoms with Gasteiger partial charge in [0.25, 0.3) is 0 Å². The van der Waals surface area contributed by atoms with Gasteiger partial charge in [-0.2, -0.15) is 0 Å². The second-order valence-corrected chi connectivity index (χ2v) is 4.17. The molecule has 1 aliphatic carbocycles. The van der Waals surface area contributed by atoms with E-state index in [2.05, 4.69) is 5.32 Å². The van der Waals surface area contributed by atoms with Crippen LogP contribution >= 0.6 is 12.4 Å². The summed E-state index contributed by atoms with van der Waals surface area (Å²) < 4.78 is 0. The fraction of sp³-hybridized carbons (Fsp3) is 0.800. The molecule has 1 unspecified atom stereocenters. The third kappa shape index (κ3) is 4.81. The Bertz CT molecular complexity index is 256. The maximum atomic E-state index is 11.6. The molecule has 0 aromatic rings. The minimum atomic E-state index is -0.219. The SMILES string of the molecule is CC(CN)C(=O)N(C)CC(=O)NC1CC1.Cl. The van der Waals surface area contributed by atoms with Gasteiger partial charge in [-0.3, -0.25) is 9.59 Å². The van der Waals surface area contributed by atoms with E-state index in [9.17, 15) is 9.59 Å². The molecule has 5 nitrogen and oxygen atoms in total. The van der Waals surface area contributed by atoms with E-state index in [0.29, 0.717) is 12.6 Å². The van der Waals surface area contributed by atoms with Crippen LogP contribution in [0.2, 0.25) is 0 Å². The van der Waals surface area contributed by atoms with Crippen molar-refractivity contribution in [1.82, 2.24) is 10.2 Å². The van der Waals surface area contributed by atoms with Gasteiger partial charge >= 0.3 is 0 Å². The first-order chi connectivity index (χ1) is 7.04. The first-order valence-corrected chi connectivity index (χ1v) is 5.29. The zero-order valence-electron chi connectivity index (χ0n) is 9.73. The van der Waals surface area contributed by atoms with Crippen LogP contribution in [0.15, 0.2) is 0 Å². The zero-order valence-corrected chi connectivity index (χ0v) is 10.5. The molecule has 6 heteroatoms. The molecule has 1 atom stereocenters. The van der Waals surface area contributed by atoms with E-state index in [-0.39, 0.29) is 36.7 Å². The zero-order chi connectivity index (χ0) is 11.4. The number of carbonyl (C=O) groups excluding carboxylic acids is 2. The Hall–Kier alpha value is -0.810. The number of carbonyl (C=O) groups is 2. The Labute approximate surface area is 102 Å². The summed E-state index contributed by atoms with van der Waals surface area (Å²) in [5.41, 5.74) is 5.38. The molecular weight excluding hydrogens is 230 g/mol. The summed E-state index contributed by atoms with van der Waals surface area (Å²) in [4.78, 5) is 24.4. The third-order valence-corrected chi connectivity index (χ3v) is 2.47.